The molecule has 0 radical (unpaired) electrons. The lowest BCUT2D eigenvalue weighted by molar-refractivity contribution is -0.604. The Labute approximate surface area is 211 Å². The van der Waals surface area contributed by atoms with Gasteiger partial charge in [0.25, 0.3) is 0 Å². The first kappa shape index (κ1) is 29.7. The number of hydrogen-bond acceptors (Lipinski definition) is 2. The van der Waals surface area contributed by atoms with E-state index in [1.54, 1.807) is 0 Å². The van der Waals surface area contributed by atoms with Crippen LogP contribution in [0, 0.1) is 0 Å². The minimum Gasteiger partial charge on any atom is -0.833 e. The highest BCUT2D eigenvalue weighted by Crippen LogP contribution is 2.47. The van der Waals surface area contributed by atoms with Crippen LogP contribution >= 0.6 is 0 Å². The summed E-state index contributed by atoms with van der Waals surface area (Å²) in [6.45, 7) is 9.13. The normalized spacial score (nSPS) is 12.8. The summed E-state index contributed by atoms with van der Waals surface area (Å²) >= 11 is -0.0159. The van der Waals surface area contributed by atoms with Gasteiger partial charge in [0.2, 0.25) is 0 Å². The maximum atomic E-state index is 12.3. The predicted octanol–water partition coefficient (Wildman–Crippen LogP) is 7.12. The van der Waals surface area contributed by atoms with Crippen molar-refractivity contribution in [2.24, 2.45) is 0 Å². The molecule has 0 bridgehead atoms. The van der Waals surface area contributed by atoms with Gasteiger partial charge in [0.05, 0.1) is 12.1 Å². The second kappa shape index (κ2) is 12.2. The summed E-state index contributed by atoms with van der Waals surface area (Å²) in [6, 6.07) is 26.8. The van der Waals surface area contributed by atoms with Crippen LogP contribution in [-0.4, -0.2) is 28.7 Å². The van der Waals surface area contributed by atoms with Crippen LogP contribution in [0.1, 0.15) is 33.3 Å². The fourth-order valence-electron chi connectivity index (χ4n) is 3.66. The van der Waals surface area contributed by atoms with E-state index >= 15 is 0 Å². The van der Waals surface area contributed by atoms with Crippen LogP contribution in [0.3, 0.4) is 0 Å². The summed E-state index contributed by atoms with van der Waals surface area (Å²) in [4.78, 5) is 2.78. The molecule has 0 saturated heterocycles. The molecule has 3 aromatic carbocycles. The fourth-order valence-corrected chi connectivity index (χ4v) is 6.09. The Morgan fingerprint density at radius 2 is 0.889 bits per heavy atom. The van der Waals surface area contributed by atoms with E-state index in [2.05, 4.69) is 92.7 Å². The van der Waals surface area contributed by atoms with Crippen molar-refractivity contribution in [3.63, 3.8) is 0 Å². The first-order valence-corrected chi connectivity index (χ1v) is 12.4. The molecule has 0 fully saturated rings. The van der Waals surface area contributed by atoms with Crippen molar-refractivity contribution in [3.05, 3.63) is 96.6 Å². The quantitative estimate of drug-likeness (QED) is 0.251. The van der Waals surface area contributed by atoms with E-state index < -0.39 is 23.5 Å². The third kappa shape index (κ3) is 6.83. The van der Waals surface area contributed by atoms with E-state index in [-0.39, 0.29) is 11.1 Å². The lowest BCUT2D eigenvalue weighted by atomic mass is 9.92. The van der Waals surface area contributed by atoms with Gasteiger partial charge in [-0.1, -0.05) is 66.7 Å². The molecule has 0 aliphatic heterocycles. The van der Waals surface area contributed by atoms with Gasteiger partial charge in [0.15, 0.2) is 20.9 Å². The monoisotopic (exact) mass is 529 g/mol. The maximum absolute atomic E-state index is 12.3. The molecule has 0 unspecified atom stereocenters. The van der Waals surface area contributed by atoms with Crippen LogP contribution in [0.2, 0.25) is 0 Å². The molecule has 0 aliphatic carbocycles. The Kier molecular flexibility index (Phi) is 10.0. The fraction of sp³-hybridized carbons (Fsp3) is 0.333. The Balaban J connectivity index is 0.000000261. The highest BCUT2D eigenvalue weighted by Gasteiger charge is 2.62. The zero-order valence-corrected chi connectivity index (χ0v) is 21.2. The summed E-state index contributed by atoms with van der Waals surface area (Å²) in [7, 11) is 0. The van der Waals surface area contributed by atoms with Crippen LogP contribution in [0.15, 0.2) is 101 Å². The van der Waals surface area contributed by atoms with E-state index in [1.807, 2.05) is 0 Å². The van der Waals surface area contributed by atoms with Gasteiger partial charge in [-0.3, -0.25) is 0 Å². The molecule has 0 N–H and O–H groups in total. The zero-order chi connectivity index (χ0) is 27.1. The molecular formula is C27H29F6NOS. The number of alkyl halides is 6. The van der Waals surface area contributed by atoms with Crippen molar-refractivity contribution in [2.75, 3.05) is 0 Å². The summed E-state index contributed by atoms with van der Waals surface area (Å²) < 4.78 is 76.1. The van der Waals surface area contributed by atoms with Crippen molar-refractivity contribution in [1.82, 2.24) is 4.31 Å². The highest BCUT2D eigenvalue weighted by atomic mass is 32.2. The lowest BCUT2D eigenvalue weighted by Gasteiger charge is -2.43. The molecule has 0 aromatic heterocycles. The Morgan fingerprint density at radius 3 is 1.17 bits per heavy atom. The Morgan fingerprint density at radius 1 is 0.583 bits per heavy atom. The third-order valence-electron chi connectivity index (χ3n) is 5.14. The number of hydrogen-bond donors (Lipinski definition) is 0. The molecular weight excluding hydrogens is 500 g/mol. The second-order valence-corrected chi connectivity index (χ2v) is 10.4. The molecule has 9 heteroatoms. The van der Waals surface area contributed by atoms with Gasteiger partial charge in [-0.25, -0.2) is 0 Å². The first-order chi connectivity index (χ1) is 16.7. The molecule has 0 aliphatic rings. The molecule has 3 aromatic rings. The van der Waals surface area contributed by atoms with E-state index in [0.717, 1.165) is 12.1 Å². The summed E-state index contributed by atoms with van der Waals surface area (Å²) in [5.41, 5.74) is -6.45. The molecule has 0 amide bonds. The van der Waals surface area contributed by atoms with Crippen molar-refractivity contribution in [3.8, 4) is 0 Å². The Bertz CT molecular complexity index is 979. The molecule has 0 saturated carbocycles. The number of benzene rings is 3. The van der Waals surface area contributed by atoms with Gasteiger partial charge >= 0.3 is 12.4 Å². The van der Waals surface area contributed by atoms with Crippen molar-refractivity contribution < 1.29 is 31.4 Å². The second-order valence-electron chi connectivity index (χ2n) is 8.50. The molecule has 3 rings (SSSR count). The lowest BCUT2D eigenvalue weighted by Crippen LogP contribution is -2.63. The summed E-state index contributed by atoms with van der Waals surface area (Å²) in [5, 5.41) is 11.1. The van der Waals surface area contributed by atoms with E-state index in [0.29, 0.717) is 24.2 Å². The summed E-state index contributed by atoms with van der Waals surface area (Å²) in [6.07, 6.45) is -11.9. The summed E-state index contributed by atoms with van der Waals surface area (Å²) in [5.74, 6) is 0. The van der Waals surface area contributed by atoms with Crippen LogP contribution in [0.5, 0.6) is 0 Å². The molecule has 0 spiro atoms. The number of rotatable bonds is 6. The van der Waals surface area contributed by atoms with Gasteiger partial charge < -0.3 is 5.11 Å². The van der Waals surface area contributed by atoms with Crippen molar-refractivity contribution in [2.45, 2.75) is 67.5 Å². The number of halogens is 6. The van der Waals surface area contributed by atoms with Crippen LogP contribution in [0.25, 0.3) is 0 Å². The van der Waals surface area contributed by atoms with Gasteiger partial charge in [0, 0.05) is 0 Å². The molecule has 36 heavy (non-hydrogen) atoms. The maximum Gasteiger partial charge on any atom is 0.392 e. The van der Waals surface area contributed by atoms with E-state index in [1.165, 1.54) is 15.9 Å². The van der Waals surface area contributed by atoms with E-state index in [4.69, 9.17) is 0 Å². The molecule has 2 nitrogen and oxygen atoms in total. The zero-order valence-electron chi connectivity index (χ0n) is 20.3. The SMILES string of the molecule is CC(C)N(C(C)C)[S+](c1ccccc1)c1ccccc1.[O-]C(c1ccccc1)(C(F)(F)F)C(F)(F)F. The van der Waals surface area contributed by atoms with Crippen LogP contribution in [-0.2, 0) is 16.7 Å². The van der Waals surface area contributed by atoms with Crippen LogP contribution in [0.4, 0.5) is 26.3 Å². The molecule has 0 atom stereocenters. The standard InChI is InChI=1S/C18H24NS.C9H5F6O/c1-15(2)19(16(3)4)20(17-11-7-5-8-12-17)18-13-9-6-10-14-18;10-8(11,12)7(16,9(13,14)15)6-4-2-1-3-5-6/h5-16H,1-4H3;1-5H/q+1;-1. The minimum atomic E-state index is -5.94. The van der Waals surface area contributed by atoms with Gasteiger partial charge in [-0.15, -0.1) is 4.31 Å². The minimum absolute atomic E-state index is 0.0159. The topological polar surface area (TPSA) is 26.3 Å². The largest absolute Gasteiger partial charge is 0.833 e. The van der Waals surface area contributed by atoms with Crippen LogP contribution < -0.4 is 5.11 Å². The van der Waals surface area contributed by atoms with Crippen molar-refractivity contribution in [1.29, 1.82) is 0 Å². The van der Waals surface area contributed by atoms with Gasteiger partial charge in [0.1, 0.15) is 5.60 Å². The van der Waals surface area contributed by atoms with Crippen molar-refractivity contribution >= 4 is 11.1 Å². The highest BCUT2D eigenvalue weighted by molar-refractivity contribution is 7.94. The number of nitrogens with zero attached hydrogens (tertiary/aromatic N) is 1. The molecule has 0 heterocycles. The molecule has 196 valence electrons. The average Bonchev–Trinajstić information content (AvgIpc) is 2.82. The Hall–Kier alpha value is -2.49. The van der Waals surface area contributed by atoms with Gasteiger partial charge in [-0.2, -0.15) is 26.3 Å². The average molecular weight is 530 g/mol. The first-order valence-electron chi connectivity index (χ1n) is 11.2. The van der Waals surface area contributed by atoms with E-state index in [9.17, 15) is 31.4 Å². The third-order valence-corrected chi connectivity index (χ3v) is 7.84. The van der Waals surface area contributed by atoms with Gasteiger partial charge in [-0.05, 0) is 57.5 Å². The predicted molar refractivity (Wildman–Crippen MR) is 129 cm³/mol. The smallest absolute Gasteiger partial charge is 0.392 e.